The Labute approximate surface area is 221 Å². The van der Waals surface area contributed by atoms with Crippen LogP contribution in [0.25, 0.3) is 0 Å². The number of hydrogen-bond acceptors (Lipinski definition) is 6. The van der Waals surface area contributed by atoms with Crippen LogP contribution in [-0.2, 0) is 19.7 Å². The number of ether oxygens (including phenoxy) is 1. The van der Waals surface area contributed by atoms with Gasteiger partial charge in [0.25, 0.3) is 0 Å². The molecular weight excluding hydrogens is 527 g/mol. The van der Waals surface area contributed by atoms with E-state index in [1.807, 2.05) is 0 Å². The lowest BCUT2D eigenvalue weighted by Gasteiger charge is -2.33. The summed E-state index contributed by atoms with van der Waals surface area (Å²) in [6.07, 6.45) is -0.731. The molecule has 0 saturated heterocycles. The van der Waals surface area contributed by atoms with E-state index in [-0.39, 0.29) is 11.1 Å². The van der Waals surface area contributed by atoms with Gasteiger partial charge in [-0.05, 0) is 42.0 Å². The number of Topliss-reactive ketones (excluding diaryl/α,β-unsaturated/α-hetero) is 1. The highest BCUT2D eigenvalue weighted by Crippen LogP contribution is 2.49. The molecule has 0 aliphatic rings. The van der Waals surface area contributed by atoms with Crippen molar-refractivity contribution >= 4 is 25.5 Å². The number of alkyl halides is 1. The highest BCUT2D eigenvalue weighted by atomic mass is 32.3. The first kappa shape index (κ1) is 27.2. The molecule has 0 fully saturated rings. The first-order valence-electron chi connectivity index (χ1n) is 11.6. The maximum absolute atomic E-state index is 17.8. The van der Waals surface area contributed by atoms with Gasteiger partial charge in [-0.3, -0.25) is 4.79 Å². The Balaban J connectivity index is 2.02. The summed E-state index contributed by atoms with van der Waals surface area (Å²) in [5.74, 6) is -2.14. The van der Waals surface area contributed by atoms with E-state index in [1.165, 1.54) is 79.9 Å². The molecule has 4 rings (SSSR count). The summed E-state index contributed by atoms with van der Waals surface area (Å²) in [7, 11) is -9.05. The molecule has 0 bridgehead atoms. The van der Waals surface area contributed by atoms with Gasteiger partial charge in [-0.2, -0.15) is 0 Å². The van der Waals surface area contributed by atoms with E-state index in [4.69, 9.17) is 4.74 Å². The van der Waals surface area contributed by atoms with Gasteiger partial charge in [0.2, 0.25) is 19.7 Å². The highest BCUT2D eigenvalue weighted by molar-refractivity contribution is 8.10. The summed E-state index contributed by atoms with van der Waals surface area (Å²) < 4.78 is 75.1. The number of hydrogen-bond donors (Lipinski definition) is 0. The van der Waals surface area contributed by atoms with Crippen LogP contribution in [0.1, 0.15) is 28.3 Å². The number of carbonyl (C=O) groups excluding carboxylic acids is 1. The van der Waals surface area contributed by atoms with Gasteiger partial charge in [0.15, 0.2) is 5.78 Å². The molecule has 0 aliphatic carbocycles. The Hall–Kier alpha value is -3.82. The fraction of sp³-hybridized carbons (Fsp3) is 0.138. The molecule has 0 aromatic heterocycles. The van der Waals surface area contributed by atoms with E-state index in [2.05, 4.69) is 0 Å². The maximum Gasteiger partial charge on any atom is 0.324 e. The molecular formula is C29H25FO6S2. The fourth-order valence-corrected chi connectivity index (χ4v) is 8.84. The molecule has 0 heterocycles. The van der Waals surface area contributed by atoms with Crippen LogP contribution < -0.4 is 4.74 Å². The highest BCUT2D eigenvalue weighted by Gasteiger charge is 2.63. The summed E-state index contributed by atoms with van der Waals surface area (Å²) in [5, 5.41) is 0. The molecule has 6 nitrogen and oxygen atoms in total. The third-order valence-electron chi connectivity index (χ3n) is 6.26. The Bertz CT molecular complexity index is 1540. The zero-order chi connectivity index (χ0) is 27.4. The molecule has 1 unspecified atom stereocenters. The smallest absolute Gasteiger partial charge is 0.324 e. The summed E-state index contributed by atoms with van der Waals surface area (Å²) in [6, 6.07) is 26.7. The molecule has 4 aromatic carbocycles. The minimum absolute atomic E-state index is 0.0107. The first-order chi connectivity index (χ1) is 18.1. The lowest BCUT2D eigenvalue weighted by Crippen LogP contribution is -2.48. The molecule has 1 atom stereocenters. The lowest BCUT2D eigenvalue weighted by molar-refractivity contribution is 0.0960. The first-order valence-corrected chi connectivity index (χ1v) is 14.6. The minimum atomic E-state index is -5.24. The molecule has 38 heavy (non-hydrogen) atoms. The van der Waals surface area contributed by atoms with Crippen LogP contribution in [0.15, 0.2) is 125 Å². The van der Waals surface area contributed by atoms with Crippen molar-refractivity contribution in [3.05, 3.63) is 126 Å². The Kier molecular flexibility index (Phi) is 7.80. The van der Waals surface area contributed by atoms with Crippen LogP contribution >= 0.6 is 0 Å². The average Bonchev–Trinajstić information content (AvgIpc) is 2.96. The summed E-state index contributed by atoms with van der Waals surface area (Å²) >= 11 is 0. The van der Waals surface area contributed by atoms with Crippen LogP contribution in [0.3, 0.4) is 0 Å². The molecule has 0 radical (unpaired) electrons. The molecule has 9 heteroatoms. The number of halogens is 1. The van der Waals surface area contributed by atoms with E-state index in [0.717, 1.165) is 24.3 Å². The molecule has 4 aromatic rings. The van der Waals surface area contributed by atoms with Crippen LogP contribution in [0.2, 0.25) is 0 Å². The van der Waals surface area contributed by atoms with Crippen molar-refractivity contribution in [2.24, 2.45) is 0 Å². The van der Waals surface area contributed by atoms with Gasteiger partial charge in [0.1, 0.15) is 5.75 Å². The molecule has 0 aliphatic heterocycles. The Morgan fingerprint density at radius 2 is 1.13 bits per heavy atom. The van der Waals surface area contributed by atoms with Gasteiger partial charge >= 0.3 is 4.33 Å². The predicted octanol–water partition coefficient (Wildman–Crippen LogP) is 5.62. The molecule has 0 amide bonds. The average molecular weight is 553 g/mol. The van der Waals surface area contributed by atoms with Crippen molar-refractivity contribution in [1.82, 2.24) is 0 Å². The molecule has 196 valence electrons. The molecule has 0 saturated carbocycles. The van der Waals surface area contributed by atoms with Crippen LogP contribution in [0.4, 0.5) is 4.39 Å². The van der Waals surface area contributed by atoms with Crippen LogP contribution in [0.5, 0.6) is 5.75 Å². The monoisotopic (exact) mass is 552 g/mol. The van der Waals surface area contributed by atoms with Crippen molar-refractivity contribution in [2.75, 3.05) is 7.11 Å². The summed E-state index contributed by atoms with van der Waals surface area (Å²) in [6.45, 7) is 0. The second-order valence-corrected chi connectivity index (χ2v) is 12.9. The summed E-state index contributed by atoms with van der Waals surface area (Å²) in [4.78, 5) is 12.3. The van der Waals surface area contributed by atoms with Gasteiger partial charge in [0, 0.05) is 12.0 Å². The van der Waals surface area contributed by atoms with Crippen molar-refractivity contribution < 1.29 is 30.8 Å². The largest absolute Gasteiger partial charge is 0.497 e. The third-order valence-corrected chi connectivity index (χ3v) is 11.4. The van der Waals surface area contributed by atoms with Gasteiger partial charge in [-0.25, -0.2) is 21.2 Å². The molecule has 0 N–H and O–H groups in total. The molecule has 0 spiro atoms. The number of carbonyl (C=O) groups is 1. The van der Waals surface area contributed by atoms with Gasteiger partial charge in [-0.15, -0.1) is 0 Å². The van der Waals surface area contributed by atoms with E-state index >= 15 is 4.39 Å². The zero-order valence-electron chi connectivity index (χ0n) is 20.4. The van der Waals surface area contributed by atoms with Crippen molar-refractivity contribution in [2.45, 2.75) is 26.5 Å². The minimum Gasteiger partial charge on any atom is -0.497 e. The fourth-order valence-electron chi connectivity index (χ4n) is 4.24. The van der Waals surface area contributed by atoms with Crippen LogP contribution in [-0.4, -0.2) is 34.1 Å². The third kappa shape index (κ3) is 4.87. The van der Waals surface area contributed by atoms with Crippen molar-refractivity contribution in [1.29, 1.82) is 0 Å². The second-order valence-electron chi connectivity index (χ2n) is 8.53. The van der Waals surface area contributed by atoms with E-state index in [9.17, 15) is 21.6 Å². The van der Waals surface area contributed by atoms with Crippen LogP contribution in [0, 0.1) is 0 Å². The van der Waals surface area contributed by atoms with Crippen molar-refractivity contribution in [3.8, 4) is 5.75 Å². The normalized spacial score (nSPS) is 13.0. The second kappa shape index (κ2) is 10.9. The number of ketones is 1. The summed E-state index contributed by atoms with van der Waals surface area (Å²) in [5.41, 5.74) is 0.208. The number of benzene rings is 4. The predicted molar refractivity (Wildman–Crippen MR) is 142 cm³/mol. The van der Waals surface area contributed by atoms with Gasteiger partial charge in [0.05, 0.1) is 22.8 Å². The Morgan fingerprint density at radius 1 is 0.711 bits per heavy atom. The number of sulfone groups is 2. The quantitative estimate of drug-likeness (QED) is 0.237. The standard InChI is InChI=1S/C29H25FO6S2/c1-36-24-19-17-22(18-20-24)27(21-28(31)23-11-5-2-6-12-23)29(30,37(32,33)25-13-7-3-8-14-25)38(34,35)26-15-9-4-10-16-26/h2-20,27H,21H2,1H3. The van der Waals surface area contributed by atoms with E-state index < -0.39 is 51.9 Å². The number of rotatable bonds is 10. The van der Waals surface area contributed by atoms with Gasteiger partial charge < -0.3 is 4.74 Å². The lowest BCUT2D eigenvalue weighted by atomic mass is 9.92. The topological polar surface area (TPSA) is 94.6 Å². The van der Waals surface area contributed by atoms with E-state index in [0.29, 0.717) is 5.75 Å². The van der Waals surface area contributed by atoms with Crippen molar-refractivity contribution in [3.63, 3.8) is 0 Å². The Morgan fingerprint density at radius 3 is 1.55 bits per heavy atom. The van der Waals surface area contributed by atoms with E-state index in [1.54, 1.807) is 18.2 Å². The zero-order valence-corrected chi connectivity index (χ0v) is 22.0. The maximum atomic E-state index is 17.8. The SMILES string of the molecule is COc1ccc(C(CC(=O)c2ccccc2)C(F)(S(=O)(=O)c2ccccc2)S(=O)(=O)c2ccccc2)cc1. The van der Waals surface area contributed by atoms with Gasteiger partial charge in [-0.1, -0.05) is 78.9 Å². The number of methoxy groups -OCH3 is 1.